The molecule has 2 rings (SSSR count). The molecular weight excluding hydrogens is 229 g/mol. The fourth-order valence-electron chi connectivity index (χ4n) is 2.14. The van der Waals surface area contributed by atoms with Crippen LogP contribution >= 0.6 is 0 Å². The lowest BCUT2D eigenvalue weighted by molar-refractivity contribution is 0.271. The summed E-state index contributed by atoms with van der Waals surface area (Å²) in [5, 5.41) is 9.34. The second kappa shape index (κ2) is 5.83. The molecule has 0 bridgehead atoms. The number of benzene rings is 1. The summed E-state index contributed by atoms with van der Waals surface area (Å²) in [6.07, 6.45) is 2.06. The third kappa shape index (κ3) is 2.79. The molecule has 0 spiro atoms. The molecule has 96 valence electrons. The second-order valence-electron chi connectivity index (χ2n) is 4.44. The smallest absolute Gasteiger partial charge is 0.123 e. The molecule has 0 aliphatic heterocycles. The van der Waals surface area contributed by atoms with Crippen molar-refractivity contribution < 1.29 is 9.50 Å². The highest BCUT2D eigenvalue weighted by atomic mass is 19.1. The Kier molecular flexibility index (Phi) is 4.15. The minimum atomic E-state index is -0.220. The molecule has 18 heavy (non-hydrogen) atoms. The molecule has 1 aromatic carbocycles. The van der Waals surface area contributed by atoms with Gasteiger partial charge < -0.3 is 9.67 Å². The van der Waals surface area contributed by atoms with Crippen molar-refractivity contribution in [2.24, 2.45) is 0 Å². The molecular formula is C15H18FNO. The predicted molar refractivity (Wildman–Crippen MR) is 69.9 cm³/mol. The summed E-state index contributed by atoms with van der Waals surface area (Å²) in [6, 6.07) is 10.5. The zero-order valence-electron chi connectivity index (χ0n) is 10.6. The first-order valence-electron chi connectivity index (χ1n) is 6.27. The van der Waals surface area contributed by atoms with Gasteiger partial charge >= 0.3 is 0 Å². The fourth-order valence-corrected chi connectivity index (χ4v) is 2.14. The molecule has 0 atom stereocenters. The first-order valence-corrected chi connectivity index (χ1v) is 6.27. The third-order valence-corrected chi connectivity index (χ3v) is 3.08. The molecule has 0 aliphatic carbocycles. The Morgan fingerprint density at radius 3 is 2.33 bits per heavy atom. The molecule has 0 fully saturated rings. The van der Waals surface area contributed by atoms with Crippen LogP contribution in [0, 0.1) is 5.82 Å². The van der Waals surface area contributed by atoms with Gasteiger partial charge in [0.2, 0.25) is 0 Å². The van der Waals surface area contributed by atoms with Crippen molar-refractivity contribution in [3.8, 4) is 0 Å². The minimum Gasteiger partial charge on any atom is -0.390 e. The van der Waals surface area contributed by atoms with Crippen LogP contribution in [0.2, 0.25) is 0 Å². The first kappa shape index (κ1) is 12.8. The van der Waals surface area contributed by atoms with Crippen LogP contribution in [0.4, 0.5) is 4.39 Å². The molecule has 2 aromatic rings. The molecule has 2 nitrogen and oxygen atoms in total. The van der Waals surface area contributed by atoms with Crippen molar-refractivity contribution in [2.75, 3.05) is 0 Å². The van der Waals surface area contributed by atoms with Gasteiger partial charge in [0.15, 0.2) is 0 Å². The Morgan fingerprint density at radius 2 is 1.72 bits per heavy atom. The standard InChI is InChI=1S/C15H18FNO/c1-2-3-14-8-9-15(11-18)17(14)10-12-4-6-13(16)7-5-12/h4-9,18H,2-3,10-11H2,1H3. The molecule has 0 saturated carbocycles. The Labute approximate surface area is 107 Å². The lowest BCUT2D eigenvalue weighted by Gasteiger charge is -2.12. The van der Waals surface area contributed by atoms with Crippen molar-refractivity contribution in [3.63, 3.8) is 0 Å². The van der Waals surface area contributed by atoms with E-state index in [4.69, 9.17) is 0 Å². The van der Waals surface area contributed by atoms with Crippen LogP contribution in [0.5, 0.6) is 0 Å². The predicted octanol–water partition coefficient (Wildman–Crippen LogP) is 3.12. The maximum atomic E-state index is 12.9. The normalized spacial score (nSPS) is 10.8. The average molecular weight is 247 g/mol. The van der Waals surface area contributed by atoms with Gasteiger partial charge in [-0.05, 0) is 36.2 Å². The van der Waals surface area contributed by atoms with Crippen LogP contribution in [0.1, 0.15) is 30.3 Å². The quantitative estimate of drug-likeness (QED) is 0.862. The van der Waals surface area contributed by atoms with E-state index in [1.54, 1.807) is 12.1 Å². The van der Waals surface area contributed by atoms with Crippen molar-refractivity contribution in [1.29, 1.82) is 0 Å². The second-order valence-corrected chi connectivity index (χ2v) is 4.44. The number of aromatic nitrogens is 1. The molecule has 1 heterocycles. The highest BCUT2D eigenvalue weighted by Gasteiger charge is 2.07. The van der Waals surface area contributed by atoms with Gasteiger partial charge in [0, 0.05) is 17.9 Å². The van der Waals surface area contributed by atoms with Crippen LogP contribution in [0.3, 0.4) is 0 Å². The number of nitrogens with zero attached hydrogens (tertiary/aromatic N) is 1. The van der Waals surface area contributed by atoms with Gasteiger partial charge in [-0.2, -0.15) is 0 Å². The van der Waals surface area contributed by atoms with Gasteiger partial charge in [-0.1, -0.05) is 25.5 Å². The Morgan fingerprint density at radius 1 is 1.06 bits per heavy atom. The molecule has 1 aromatic heterocycles. The molecule has 0 saturated heterocycles. The lowest BCUT2D eigenvalue weighted by atomic mass is 10.2. The molecule has 0 unspecified atom stereocenters. The van der Waals surface area contributed by atoms with Gasteiger partial charge in [-0.3, -0.25) is 0 Å². The highest BCUT2D eigenvalue weighted by molar-refractivity contribution is 5.22. The maximum absolute atomic E-state index is 12.9. The van der Waals surface area contributed by atoms with Crippen molar-refractivity contribution in [3.05, 3.63) is 59.2 Å². The van der Waals surface area contributed by atoms with E-state index in [0.29, 0.717) is 6.54 Å². The van der Waals surface area contributed by atoms with Gasteiger partial charge in [-0.15, -0.1) is 0 Å². The van der Waals surface area contributed by atoms with Gasteiger partial charge in [0.05, 0.1) is 6.61 Å². The maximum Gasteiger partial charge on any atom is 0.123 e. The van der Waals surface area contributed by atoms with E-state index >= 15 is 0 Å². The summed E-state index contributed by atoms with van der Waals surface area (Å²) in [5.41, 5.74) is 3.16. The highest BCUT2D eigenvalue weighted by Crippen LogP contribution is 2.15. The molecule has 3 heteroatoms. The molecule has 0 radical (unpaired) electrons. The van der Waals surface area contributed by atoms with E-state index in [9.17, 15) is 9.50 Å². The lowest BCUT2D eigenvalue weighted by Crippen LogP contribution is -2.08. The first-order chi connectivity index (χ1) is 8.74. The van der Waals surface area contributed by atoms with Gasteiger partial charge in [0.1, 0.15) is 5.82 Å². The number of aryl methyl sites for hydroxylation is 1. The largest absolute Gasteiger partial charge is 0.390 e. The van der Waals surface area contributed by atoms with Crippen LogP contribution in [0.25, 0.3) is 0 Å². The Hall–Kier alpha value is -1.61. The average Bonchev–Trinajstić information content (AvgIpc) is 2.75. The number of aliphatic hydroxyl groups excluding tert-OH is 1. The number of halogens is 1. The van der Waals surface area contributed by atoms with E-state index in [-0.39, 0.29) is 12.4 Å². The fraction of sp³-hybridized carbons (Fsp3) is 0.333. The van der Waals surface area contributed by atoms with E-state index in [1.807, 2.05) is 6.07 Å². The van der Waals surface area contributed by atoms with E-state index in [2.05, 4.69) is 17.6 Å². The number of rotatable bonds is 5. The third-order valence-electron chi connectivity index (χ3n) is 3.08. The zero-order valence-corrected chi connectivity index (χ0v) is 10.6. The summed E-state index contributed by atoms with van der Waals surface area (Å²) < 4.78 is 15.0. The molecule has 0 amide bonds. The topological polar surface area (TPSA) is 25.2 Å². The summed E-state index contributed by atoms with van der Waals surface area (Å²) >= 11 is 0. The van der Waals surface area contributed by atoms with Crippen LogP contribution in [-0.2, 0) is 19.6 Å². The Balaban J connectivity index is 2.26. The van der Waals surface area contributed by atoms with Crippen molar-refractivity contribution in [2.45, 2.75) is 32.9 Å². The minimum absolute atomic E-state index is 0.0326. The van der Waals surface area contributed by atoms with Crippen LogP contribution in [0.15, 0.2) is 36.4 Å². The number of aliphatic hydroxyl groups is 1. The van der Waals surface area contributed by atoms with Crippen molar-refractivity contribution in [1.82, 2.24) is 4.57 Å². The SMILES string of the molecule is CCCc1ccc(CO)n1Cc1ccc(F)cc1. The van der Waals surface area contributed by atoms with Gasteiger partial charge in [-0.25, -0.2) is 4.39 Å². The van der Waals surface area contributed by atoms with E-state index in [1.165, 1.54) is 17.8 Å². The summed E-state index contributed by atoms with van der Waals surface area (Å²) in [6.45, 7) is 2.84. The summed E-state index contributed by atoms with van der Waals surface area (Å²) in [7, 11) is 0. The number of hydrogen-bond donors (Lipinski definition) is 1. The summed E-state index contributed by atoms with van der Waals surface area (Å²) in [4.78, 5) is 0. The van der Waals surface area contributed by atoms with Crippen LogP contribution in [-0.4, -0.2) is 9.67 Å². The summed E-state index contributed by atoms with van der Waals surface area (Å²) in [5.74, 6) is -0.220. The number of hydrogen-bond acceptors (Lipinski definition) is 1. The molecule has 0 aliphatic rings. The van der Waals surface area contributed by atoms with E-state index < -0.39 is 0 Å². The van der Waals surface area contributed by atoms with Crippen molar-refractivity contribution >= 4 is 0 Å². The van der Waals surface area contributed by atoms with Crippen LogP contribution < -0.4 is 0 Å². The molecule has 1 N–H and O–H groups in total. The van der Waals surface area contributed by atoms with E-state index in [0.717, 1.165) is 24.1 Å². The zero-order chi connectivity index (χ0) is 13.0. The Bertz CT molecular complexity index is 502. The van der Waals surface area contributed by atoms with Gasteiger partial charge in [0.25, 0.3) is 0 Å². The monoisotopic (exact) mass is 247 g/mol.